The number of nitriles is 1. The Labute approximate surface area is 179 Å². The minimum atomic E-state index is -0.707. The van der Waals surface area contributed by atoms with Gasteiger partial charge in [0.1, 0.15) is 18.5 Å². The summed E-state index contributed by atoms with van der Waals surface area (Å²) in [4.78, 5) is 11.7. The number of rotatable bonds is 6. The van der Waals surface area contributed by atoms with Crippen LogP contribution in [0, 0.1) is 24.1 Å². The molecule has 0 radical (unpaired) electrons. The number of hydrogen-bond donors (Lipinski definition) is 2. The summed E-state index contributed by atoms with van der Waals surface area (Å²) in [5.41, 5.74) is 5.70. The van der Waals surface area contributed by atoms with E-state index in [0.717, 1.165) is 27.8 Å². The molecule has 1 aliphatic heterocycles. The molecule has 0 bridgehead atoms. The Morgan fingerprint density at radius 2 is 1.90 bits per heavy atom. The molecule has 1 heterocycles. The lowest BCUT2D eigenvalue weighted by atomic mass is 9.95. The van der Waals surface area contributed by atoms with Crippen molar-refractivity contribution >= 4 is 5.97 Å². The Bertz CT molecular complexity index is 1180. The first kappa shape index (κ1) is 20.7. The van der Waals surface area contributed by atoms with Crippen molar-refractivity contribution in [1.82, 2.24) is 5.32 Å². The maximum absolute atomic E-state index is 13.8. The average molecular weight is 416 g/mol. The summed E-state index contributed by atoms with van der Waals surface area (Å²) in [6, 6.07) is 17.5. The highest BCUT2D eigenvalue weighted by Crippen LogP contribution is 2.29. The molecule has 0 aliphatic carbocycles. The third kappa shape index (κ3) is 4.19. The van der Waals surface area contributed by atoms with E-state index >= 15 is 0 Å². The van der Waals surface area contributed by atoms with Crippen LogP contribution in [0.15, 0.2) is 54.6 Å². The molecule has 0 aromatic heterocycles. The summed E-state index contributed by atoms with van der Waals surface area (Å²) in [6.07, 6.45) is -0.707. The third-order valence-electron chi connectivity index (χ3n) is 5.61. The molecule has 156 valence electrons. The SMILES string of the molecule is Cc1c(C(O)CNCc2ccc(-c3ccc(C#N)c(F)c3)cc2)ccc2c1COC2=O. The largest absolute Gasteiger partial charge is 0.457 e. The van der Waals surface area contributed by atoms with Gasteiger partial charge in [-0.15, -0.1) is 0 Å². The van der Waals surface area contributed by atoms with Gasteiger partial charge in [-0.2, -0.15) is 5.26 Å². The standard InChI is InChI=1S/C25H21FN2O3/c1-15-20(8-9-21-22(15)14-31-25(21)30)24(29)13-28-12-16-2-4-17(5-3-16)18-6-7-19(11-27)23(26)10-18/h2-10,24,28-29H,12-14H2,1H3. The fourth-order valence-corrected chi connectivity index (χ4v) is 3.79. The van der Waals surface area contributed by atoms with Crippen LogP contribution < -0.4 is 5.32 Å². The number of hydrogen-bond acceptors (Lipinski definition) is 5. The first-order chi connectivity index (χ1) is 15.0. The number of carbonyl (C=O) groups excluding carboxylic acids is 1. The summed E-state index contributed by atoms with van der Waals surface area (Å²) < 4.78 is 18.9. The Balaban J connectivity index is 1.37. The van der Waals surface area contributed by atoms with Gasteiger partial charge in [0, 0.05) is 18.7 Å². The molecule has 1 unspecified atom stereocenters. The number of fused-ring (bicyclic) bond motifs is 1. The molecule has 0 saturated heterocycles. The Morgan fingerprint density at radius 1 is 1.16 bits per heavy atom. The highest BCUT2D eigenvalue weighted by atomic mass is 19.1. The molecule has 3 aromatic rings. The fraction of sp³-hybridized carbons (Fsp3) is 0.200. The van der Waals surface area contributed by atoms with Gasteiger partial charge in [0.15, 0.2) is 0 Å². The summed E-state index contributed by atoms with van der Waals surface area (Å²) in [5, 5.41) is 22.7. The Kier molecular flexibility index (Phi) is 5.81. The van der Waals surface area contributed by atoms with Crippen molar-refractivity contribution in [2.75, 3.05) is 6.54 Å². The summed E-state index contributed by atoms with van der Waals surface area (Å²) in [7, 11) is 0. The lowest BCUT2D eigenvalue weighted by Crippen LogP contribution is -2.22. The highest BCUT2D eigenvalue weighted by molar-refractivity contribution is 5.93. The first-order valence-electron chi connectivity index (χ1n) is 9.95. The predicted octanol–water partition coefficient (Wildman–Crippen LogP) is 4.17. The summed E-state index contributed by atoms with van der Waals surface area (Å²) >= 11 is 0. The van der Waals surface area contributed by atoms with Crippen molar-refractivity contribution < 1.29 is 19.0 Å². The maximum atomic E-state index is 13.8. The van der Waals surface area contributed by atoms with E-state index in [1.165, 1.54) is 12.1 Å². The van der Waals surface area contributed by atoms with E-state index in [4.69, 9.17) is 10.00 Å². The van der Waals surface area contributed by atoms with Gasteiger partial charge < -0.3 is 15.2 Å². The smallest absolute Gasteiger partial charge is 0.338 e. The van der Waals surface area contributed by atoms with Gasteiger partial charge in [0.25, 0.3) is 0 Å². The van der Waals surface area contributed by atoms with Gasteiger partial charge in [-0.05, 0) is 52.9 Å². The Hall–Kier alpha value is -3.53. The van der Waals surface area contributed by atoms with Crippen LogP contribution >= 0.6 is 0 Å². The van der Waals surface area contributed by atoms with Crippen LogP contribution in [0.5, 0.6) is 0 Å². The molecule has 0 spiro atoms. The van der Waals surface area contributed by atoms with Gasteiger partial charge in [-0.1, -0.05) is 36.4 Å². The van der Waals surface area contributed by atoms with Crippen molar-refractivity contribution in [1.29, 1.82) is 5.26 Å². The zero-order chi connectivity index (χ0) is 22.0. The van der Waals surface area contributed by atoms with Crippen LogP contribution in [-0.2, 0) is 17.9 Å². The number of nitrogens with one attached hydrogen (secondary N) is 1. The first-order valence-corrected chi connectivity index (χ1v) is 9.95. The third-order valence-corrected chi connectivity index (χ3v) is 5.61. The molecule has 3 aromatic carbocycles. The van der Waals surface area contributed by atoms with Gasteiger partial charge >= 0.3 is 5.97 Å². The second-order valence-corrected chi connectivity index (χ2v) is 7.53. The number of esters is 1. The van der Waals surface area contributed by atoms with E-state index in [1.54, 1.807) is 18.2 Å². The zero-order valence-corrected chi connectivity index (χ0v) is 17.0. The normalized spacial score (nSPS) is 13.4. The molecule has 2 N–H and O–H groups in total. The van der Waals surface area contributed by atoms with Crippen molar-refractivity contribution in [3.8, 4) is 17.2 Å². The molecule has 6 heteroatoms. The van der Waals surface area contributed by atoms with Crippen LogP contribution in [0.25, 0.3) is 11.1 Å². The summed E-state index contributed by atoms with van der Waals surface area (Å²) in [6.45, 7) is 3.06. The molecular weight excluding hydrogens is 395 g/mol. The van der Waals surface area contributed by atoms with E-state index in [2.05, 4.69) is 5.32 Å². The lowest BCUT2D eigenvalue weighted by Gasteiger charge is -2.16. The van der Waals surface area contributed by atoms with Crippen LogP contribution in [0.2, 0.25) is 0 Å². The predicted molar refractivity (Wildman–Crippen MR) is 114 cm³/mol. The number of nitrogens with zero attached hydrogens (tertiary/aromatic N) is 1. The van der Waals surface area contributed by atoms with Crippen LogP contribution in [0.1, 0.15) is 44.3 Å². The van der Waals surface area contributed by atoms with Crippen molar-refractivity contribution in [2.24, 2.45) is 0 Å². The number of aliphatic hydroxyl groups is 1. The zero-order valence-electron chi connectivity index (χ0n) is 17.0. The highest BCUT2D eigenvalue weighted by Gasteiger charge is 2.25. The minimum absolute atomic E-state index is 0.0286. The number of cyclic esters (lactones) is 1. The maximum Gasteiger partial charge on any atom is 0.338 e. The van der Waals surface area contributed by atoms with Crippen molar-refractivity contribution in [3.05, 3.63) is 93.8 Å². The lowest BCUT2D eigenvalue weighted by molar-refractivity contribution is 0.0535. The van der Waals surface area contributed by atoms with E-state index in [9.17, 15) is 14.3 Å². The number of carbonyl (C=O) groups is 1. The number of ether oxygens (including phenoxy) is 1. The fourth-order valence-electron chi connectivity index (χ4n) is 3.79. The van der Waals surface area contributed by atoms with E-state index in [1.807, 2.05) is 37.3 Å². The average Bonchev–Trinajstić information content (AvgIpc) is 3.16. The molecule has 5 nitrogen and oxygen atoms in total. The molecule has 1 aliphatic rings. The van der Waals surface area contributed by atoms with Crippen molar-refractivity contribution in [2.45, 2.75) is 26.2 Å². The second kappa shape index (κ2) is 8.68. The quantitative estimate of drug-likeness (QED) is 0.590. The van der Waals surface area contributed by atoms with Gasteiger partial charge in [-0.25, -0.2) is 9.18 Å². The van der Waals surface area contributed by atoms with E-state index < -0.39 is 11.9 Å². The van der Waals surface area contributed by atoms with Gasteiger partial charge in [-0.3, -0.25) is 0 Å². The van der Waals surface area contributed by atoms with Crippen LogP contribution in [0.4, 0.5) is 4.39 Å². The van der Waals surface area contributed by atoms with Gasteiger partial charge in [0.05, 0.1) is 17.2 Å². The Morgan fingerprint density at radius 3 is 2.61 bits per heavy atom. The monoisotopic (exact) mass is 416 g/mol. The van der Waals surface area contributed by atoms with Crippen LogP contribution in [-0.4, -0.2) is 17.6 Å². The summed E-state index contributed by atoms with van der Waals surface area (Å²) in [5.74, 6) is -0.845. The second-order valence-electron chi connectivity index (χ2n) is 7.53. The van der Waals surface area contributed by atoms with Gasteiger partial charge in [0.2, 0.25) is 0 Å². The minimum Gasteiger partial charge on any atom is -0.457 e. The van der Waals surface area contributed by atoms with Crippen molar-refractivity contribution in [3.63, 3.8) is 0 Å². The molecule has 0 amide bonds. The topological polar surface area (TPSA) is 82.3 Å². The van der Waals surface area contributed by atoms with Crippen LogP contribution in [0.3, 0.4) is 0 Å². The molecule has 0 fully saturated rings. The van der Waals surface area contributed by atoms with E-state index in [0.29, 0.717) is 24.2 Å². The molecule has 1 atom stereocenters. The molecule has 4 rings (SSSR count). The molecule has 31 heavy (non-hydrogen) atoms. The van der Waals surface area contributed by atoms with E-state index in [-0.39, 0.29) is 18.1 Å². The number of benzene rings is 3. The number of aliphatic hydroxyl groups excluding tert-OH is 1. The molecular formula is C25H21FN2O3. The molecule has 0 saturated carbocycles. The number of halogens is 1.